The molecule has 2 aliphatic rings. The highest BCUT2D eigenvalue weighted by Gasteiger charge is 2.45. The van der Waals surface area contributed by atoms with Crippen LogP contribution in [-0.4, -0.2) is 36.2 Å². The summed E-state index contributed by atoms with van der Waals surface area (Å²) in [5, 5.41) is 15.2. The number of benzene rings is 1. The molecule has 1 aromatic carbocycles. The number of β-amino-alcohol motifs (C(OH)–C–C–N with tert-alkyl or cyclic N) is 1. The fourth-order valence-electron chi connectivity index (χ4n) is 3.04. The number of amides is 1. The van der Waals surface area contributed by atoms with E-state index < -0.39 is 29.3 Å². The molecule has 1 heterocycles. The van der Waals surface area contributed by atoms with Crippen LogP contribution in [0.1, 0.15) is 30.4 Å². The number of halogens is 3. The van der Waals surface area contributed by atoms with Gasteiger partial charge in [0.2, 0.25) is 5.91 Å². The predicted molar refractivity (Wildman–Crippen MR) is 77.8 cm³/mol. The monoisotopic (exact) mass is 328 g/mol. The zero-order chi connectivity index (χ0) is 16.7. The van der Waals surface area contributed by atoms with Crippen molar-refractivity contribution in [3.8, 4) is 0 Å². The van der Waals surface area contributed by atoms with E-state index in [1.807, 2.05) is 0 Å². The number of hydrogen-bond acceptors (Lipinski definition) is 3. The standard InChI is InChI=1S/C16H19F3N2O2/c17-16(18,19)11-3-1-2-10(6-11)15(4-5-15)9-21-14(23)13-7-12(22)8-20-13/h1-3,6,12-13,20,22H,4-5,7-9H2,(H,21,23). The second-order valence-corrected chi connectivity index (χ2v) is 6.43. The van der Waals surface area contributed by atoms with Crippen LogP contribution in [-0.2, 0) is 16.4 Å². The lowest BCUT2D eigenvalue weighted by Crippen LogP contribution is -2.43. The summed E-state index contributed by atoms with van der Waals surface area (Å²) >= 11 is 0. The highest BCUT2D eigenvalue weighted by atomic mass is 19.4. The molecule has 1 saturated carbocycles. The molecule has 1 aromatic rings. The second-order valence-electron chi connectivity index (χ2n) is 6.43. The molecule has 3 rings (SSSR count). The van der Waals surface area contributed by atoms with E-state index in [-0.39, 0.29) is 5.91 Å². The number of carbonyl (C=O) groups is 1. The molecule has 0 spiro atoms. The highest BCUT2D eigenvalue weighted by molar-refractivity contribution is 5.82. The summed E-state index contributed by atoms with van der Waals surface area (Å²) in [5.41, 5.74) is -0.436. The van der Waals surface area contributed by atoms with Crippen molar-refractivity contribution >= 4 is 5.91 Å². The maximum Gasteiger partial charge on any atom is 0.416 e. The molecule has 1 aliphatic heterocycles. The molecule has 2 atom stereocenters. The van der Waals surface area contributed by atoms with Crippen LogP contribution in [0.4, 0.5) is 13.2 Å². The van der Waals surface area contributed by atoms with Crippen molar-refractivity contribution in [2.75, 3.05) is 13.1 Å². The number of carbonyl (C=O) groups excluding carboxylic acids is 1. The number of rotatable bonds is 4. The van der Waals surface area contributed by atoms with E-state index in [2.05, 4.69) is 10.6 Å². The number of alkyl halides is 3. The molecular weight excluding hydrogens is 309 g/mol. The summed E-state index contributed by atoms with van der Waals surface area (Å²) in [4.78, 5) is 12.1. The molecule has 2 unspecified atom stereocenters. The maximum absolute atomic E-state index is 12.8. The van der Waals surface area contributed by atoms with Crippen molar-refractivity contribution < 1.29 is 23.1 Å². The molecule has 23 heavy (non-hydrogen) atoms. The van der Waals surface area contributed by atoms with Crippen LogP contribution in [0.25, 0.3) is 0 Å². The van der Waals surface area contributed by atoms with Crippen LogP contribution in [0.3, 0.4) is 0 Å². The van der Waals surface area contributed by atoms with Gasteiger partial charge >= 0.3 is 6.18 Å². The molecule has 7 heteroatoms. The van der Waals surface area contributed by atoms with E-state index in [1.54, 1.807) is 6.07 Å². The molecule has 0 aromatic heterocycles. The van der Waals surface area contributed by atoms with Gasteiger partial charge in [-0.2, -0.15) is 13.2 Å². The lowest BCUT2D eigenvalue weighted by Gasteiger charge is -2.19. The first-order valence-electron chi connectivity index (χ1n) is 7.67. The van der Waals surface area contributed by atoms with E-state index >= 15 is 0 Å². The van der Waals surface area contributed by atoms with E-state index in [0.29, 0.717) is 25.1 Å². The number of aliphatic hydroxyl groups is 1. The molecule has 1 aliphatic carbocycles. The van der Waals surface area contributed by atoms with Gasteiger partial charge in [-0.05, 0) is 30.9 Å². The van der Waals surface area contributed by atoms with Crippen LogP contribution >= 0.6 is 0 Å². The van der Waals surface area contributed by atoms with Crippen molar-refractivity contribution in [3.05, 3.63) is 35.4 Å². The SMILES string of the molecule is O=C(NCC1(c2cccc(C(F)(F)F)c2)CC1)C1CC(O)CN1. The lowest BCUT2D eigenvalue weighted by molar-refractivity contribution is -0.137. The van der Waals surface area contributed by atoms with Crippen LogP contribution in [0.2, 0.25) is 0 Å². The van der Waals surface area contributed by atoms with Crippen molar-refractivity contribution in [1.82, 2.24) is 10.6 Å². The van der Waals surface area contributed by atoms with Gasteiger partial charge in [0.05, 0.1) is 17.7 Å². The van der Waals surface area contributed by atoms with Crippen molar-refractivity contribution in [2.24, 2.45) is 0 Å². The first-order valence-corrected chi connectivity index (χ1v) is 7.67. The molecule has 3 N–H and O–H groups in total. The minimum atomic E-state index is -4.36. The summed E-state index contributed by atoms with van der Waals surface area (Å²) in [5.74, 6) is -0.209. The minimum absolute atomic E-state index is 0.209. The maximum atomic E-state index is 12.8. The molecule has 0 bridgehead atoms. The van der Waals surface area contributed by atoms with Gasteiger partial charge in [0.25, 0.3) is 0 Å². The van der Waals surface area contributed by atoms with Crippen molar-refractivity contribution in [2.45, 2.75) is 43.0 Å². The first-order chi connectivity index (χ1) is 10.8. The average molecular weight is 328 g/mol. The number of aliphatic hydroxyl groups excluding tert-OH is 1. The fraction of sp³-hybridized carbons (Fsp3) is 0.562. The lowest BCUT2D eigenvalue weighted by atomic mass is 9.94. The van der Waals surface area contributed by atoms with E-state index in [4.69, 9.17) is 0 Å². The van der Waals surface area contributed by atoms with Gasteiger partial charge in [0, 0.05) is 18.5 Å². The number of hydrogen-bond donors (Lipinski definition) is 3. The summed E-state index contributed by atoms with van der Waals surface area (Å²) in [6.07, 6.45) is -3.00. The van der Waals surface area contributed by atoms with Gasteiger partial charge in [0.1, 0.15) is 0 Å². The van der Waals surface area contributed by atoms with Crippen LogP contribution < -0.4 is 10.6 Å². The Labute approximate surface area is 132 Å². The van der Waals surface area contributed by atoms with Gasteiger partial charge in [-0.3, -0.25) is 4.79 Å². The summed E-state index contributed by atoms with van der Waals surface area (Å²) in [7, 11) is 0. The van der Waals surface area contributed by atoms with Crippen molar-refractivity contribution in [3.63, 3.8) is 0 Å². The smallest absolute Gasteiger partial charge is 0.392 e. The molecule has 4 nitrogen and oxygen atoms in total. The van der Waals surface area contributed by atoms with Crippen LogP contribution in [0, 0.1) is 0 Å². The van der Waals surface area contributed by atoms with E-state index in [1.165, 1.54) is 12.1 Å². The van der Waals surface area contributed by atoms with Crippen LogP contribution in [0.5, 0.6) is 0 Å². The normalized spacial score (nSPS) is 26.1. The number of nitrogens with one attached hydrogen (secondary N) is 2. The Bertz CT molecular complexity index is 599. The summed E-state index contributed by atoms with van der Waals surface area (Å²) in [6, 6.07) is 4.90. The summed E-state index contributed by atoms with van der Waals surface area (Å²) in [6.45, 7) is 0.707. The Morgan fingerprint density at radius 2 is 2.13 bits per heavy atom. The van der Waals surface area contributed by atoms with Gasteiger partial charge in [-0.15, -0.1) is 0 Å². The molecule has 126 valence electrons. The van der Waals surface area contributed by atoms with Gasteiger partial charge in [-0.1, -0.05) is 18.2 Å². The molecule has 1 saturated heterocycles. The highest BCUT2D eigenvalue weighted by Crippen LogP contribution is 2.48. The molecule has 0 radical (unpaired) electrons. The zero-order valence-electron chi connectivity index (χ0n) is 12.5. The third kappa shape index (κ3) is 3.50. The van der Waals surface area contributed by atoms with Gasteiger partial charge in [-0.25, -0.2) is 0 Å². The quantitative estimate of drug-likeness (QED) is 0.786. The third-order valence-electron chi connectivity index (χ3n) is 4.68. The average Bonchev–Trinajstić information content (AvgIpc) is 3.18. The Hall–Kier alpha value is -1.60. The molecule has 2 fully saturated rings. The van der Waals surface area contributed by atoms with Crippen LogP contribution in [0.15, 0.2) is 24.3 Å². The zero-order valence-corrected chi connectivity index (χ0v) is 12.5. The predicted octanol–water partition coefficient (Wildman–Crippen LogP) is 1.58. The van der Waals surface area contributed by atoms with E-state index in [0.717, 1.165) is 18.9 Å². The Balaban J connectivity index is 1.65. The van der Waals surface area contributed by atoms with Gasteiger partial charge < -0.3 is 15.7 Å². The Kier molecular flexibility index (Phi) is 4.10. The van der Waals surface area contributed by atoms with Crippen molar-refractivity contribution in [1.29, 1.82) is 0 Å². The fourth-order valence-corrected chi connectivity index (χ4v) is 3.04. The molecule has 1 amide bonds. The Morgan fingerprint density at radius 3 is 2.70 bits per heavy atom. The minimum Gasteiger partial charge on any atom is -0.392 e. The molecular formula is C16H19F3N2O2. The topological polar surface area (TPSA) is 61.4 Å². The van der Waals surface area contributed by atoms with Gasteiger partial charge in [0.15, 0.2) is 0 Å². The summed E-state index contributed by atoms with van der Waals surface area (Å²) < 4.78 is 38.5. The Morgan fingerprint density at radius 1 is 1.39 bits per heavy atom. The second kappa shape index (κ2) is 5.79. The third-order valence-corrected chi connectivity index (χ3v) is 4.68. The largest absolute Gasteiger partial charge is 0.416 e. The first kappa shape index (κ1) is 16.3. The van der Waals surface area contributed by atoms with E-state index in [9.17, 15) is 23.1 Å².